The highest BCUT2D eigenvalue weighted by Crippen LogP contribution is 2.30. The van der Waals surface area contributed by atoms with E-state index in [1.54, 1.807) is 0 Å². The minimum absolute atomic E-state index is 0.0182. The SMILES string of the molecule is COC1=C(NCC(=O)O)CC(O)(CO)C/C1=N\[C@@H](CO)C(=O)O. The van der Waals surface area contributed by atoms with Gasteiger partial charge in [0.25, 0.3) is 0 Å². The van der Waals surface area contributed by atoms with E-state index in [2.05, 4.69) is 10.3 Å². The Hall–Kier alpha value is -2.17. The lowest BCUT2D eigenvalue weighted by Crippen LogP contribution is -2.44. The van der Waals surface area contributed by atoms with Gasteiger partial charge in [-0.05, 0) is 0 Å². The van der Waals surface area contributed by atoms with Crippen molar-refractivity contribution in [2.24, 2.45) is 4.99 Å². The molecule has 0 saturated carbocycles. The van der Waals surface area contributed by atoms with Gasteiger partial charge in [-0.25, -0.2) is 4.79 Å². The predicted octanol–water partition coefficient (Wildman–Crippen LogP) is -2.08. The van der Waals surface area contributed by atoms with E-state index in [0.717, 1.165) is 0 Å². The van der Waals surface area contributed by atoms with E-state index < -0.39 is 43.3 Å². The summed E-state index contributed by atoms with van der Waals surface area (Å²) in [6, 6.07) is -1.46. The Morgan fingerprint density at radius 2 is 2.00 bits per heavy atom. The van der Waals surface area contributed by atoms with Gasteiger partial charge in [-0.15, -0.1) is 0 Å². The van der Waals surface area contributed by atoms with Gasteiger partial charge in [0.2, 0.25) is 0 Å². The maximum atomic E-state index is 11.0. The average Bonchev–Trinajstić information content (AvgIpc) is 2.49. The molecule has 1 rings (SSSR count). The smallest absolute Gasteiger partial charge is 0.330 e. The number of carboxylic acids is 2. The van der Waals surface area contributed by atoms with Crippen LogP contribution in [0.2, 0.25) is 0 Å². The molecule has 0 spiro atoms. The summed E-state index contributed by atoms with van der Waals surface area (Å²) < 4.78 is 5.14. The van der Waals surface area contributed by atoms with Gasteiger partial charge < -0.3 is 35.6 Å². The minimum Gasteiger partial charge on any atom is -0.493 e. The Balaban J connectivity index is 3.27. The zero-order valence-electron chi connectivity index (χ0n) is 12.5. The average molecular weight is 332 g/mol. The first-order valence-corrected chi connectivity index (χ1v) is 6.73. The maximum Gasteiger partial charge on any atom is 0.330 e. The quantitative estimate of drug-likeness (QED) is 0.292. The lowest BCUT2D eigenvalue weighted by molar-refractivity contribution is -0.139. The summed E-state index contributed by atoms with van der Waals surface area (Å²) in [5.74, 6) is -2.43. The summed E-state index contributed by atoms with van der Waals surface area (Å²) in [5, 5.41) is 49.0. The molecule has 0 saturated heterocycles. The number of aliphatic carboxylic acids is 2. The lowest BCUT2D eigenvalue weighted by Gasteiger charge is -2.34. The molecule has 0 radical (unpaired) electrons. The molecule has 0 bridgehead atoms. The lowest BCUT2D eigenvalue weighted by atomic mass is 9.85. The van der Waals surface area contributed by atoms with Crippen LogP contribution < -0.4 is 5.32 Å². The number of aliphatic imine (C=N–C) groups is 1. The Morgan fingerprint density at radius 1 is 1.35 bits per heavy atom. The van der Waals surface area contributed by atoms with Crippen LogP contribution in [0.4, 0.5) is 0 Å². The topological polar surface area (TPSA) is 169 Å². The summed E-state index contributed by atoms with van der Waals surface area (Å²) in [5.41, 5.74) is -1.44. The van der Waals surface area contributed by atoms with Crippen LogP contribution in [0.25, 0.3) is 0 Å². The zero-order chi connectivity index (χ0) is 17.6. The first-order valence-electron chi connectivity index (χ1n) is 6.73. The zero-order valence-corrected chi connectivity index (χ0v) is 12.5. The van der Waals surface area contributed by atoms with Gasteiger partial charge in [-0.1, -0.05) is 0 Å². The molecule has 10 heteroatoms. The fourth-order valence-electron chi connectivity index (χ4n) is 2.18. The number of aliphatic hydroxyl groups is 3. The van der Waals surface area contributed by atoms with Crippen molar-refractivity contribution in [3.8, 4) is 0 Å². The summed E-state index contributed by atoms with van der Waals surface area (Å²) in [4.78, 5) is 25.5. The molecule has 6 N–H and O–H groups in total. The number of hydrogen-bond acceptors (Lipinski definition) is 8. The number of aliphatic hydroxyl groups excluding tert-OH is 2. The Kier molecular flexibility index (Phi) is 6.49. The Bertz CT molecular complexity index is 530. The molecule has 0 aromatic carbocycles. The molecule has 0 aromatic rings. The van der Waals surface area contributed by atoms with Gasteiger partial charge in [0.15, 0.2) is 11.8 Å². The fraction of sp³-hybridized carbons (Fsp3) is 0.615. The number of methoxy groups -OCH3 is 1. The second-order valence-corrected chi connectivity index (χ2v) is 5.11. The third kappa shape index (κ3) is 4.91. The molecule has 1 aliphatic rings. The number of ether oxygens (including phenoxy) is 1. The number of nitrogens with one attached hydrogen (secondary N) is 1. The largest absolute Gasteiger partial charge is 0.493 e. The first-order chi connectivity index (χ1) is 10.8. The number of rotatable bonds is 8. The van der Waals surface area contributed by atoms with Crippen molar-refractivity contribution in [2.45, 2.75) is 24.5 Å². The molecule has 0 heterocycles. The van der Waals surface area contributed by atoms with Crippen molar-refractivity contribution in [1.29, 1.82) is 0 Å². The van der Waals surface area contributed by atoms with Gasteiger partial charge >= 0.3 is 11.9 Å². The van der Waals surface area contributed by atoms with Crippen molar-refractivity contribution in [3.05, 3.63) is 11.5 Å². The second kappa shape index (κ2) is 7.90. The van der Waals surface area contributed by atoms with Crippen molar-refractivity contribution >= 4 is 17.7 Å². The van der Waals surface area contributed by atoms with Crippen LogP contribution in [0.1, 0.15) is 12.8 Å². The highest BCUT2D eigenvalue weighted by molar-refractivity contribution is 6.01. The van der Waals surface area contributed by atoms with Gasteiger partial charge in [-0.3, -0.25) is 9.79 Å². The van der Waals surface area contributed by atoms with Crippen LogP contribution in [0.3, 0.4) is 0 Å². The van der Waals surface area contributed by atoms with E-state index in [1.165, 1.54) is 7.11 Å². The van der Waals surface area contributed by atoms with Crippen molar-refractivity contribution in [3.63, 3.8) is 0 Å². The number of carboxylic acid groups (broad SMARTS) is 2. The second-order valence-electron chi connectivity index (χ2n) is 5.11. The summed E-state index contributed by atoms with van der Waals surface area (Å²) >= 11 is 0. The van der Waals surface area contributed by atoms with Gasteiger partial charge in [0, 0.05) is 12.8 Å². The summed E-state index contributed by atoms with van der Waals surface area (Å²) in [7, 11) is 1.28. The number of allylic oxidation sites excluding steroid dienone is 1. The first kappa shape index (κ1) is 18.9. The molecule has 2 atom stereocenters. The van der Waals surface area contributed by atoms with Crippen molar-refractivity contribution in [1.82, 2.24) is 5.32 Å². The molecule has 0 fully saturated rings. The fourth-order valence-corrected chi connectivity index (χ4v) is 2.18. The molecular formula is C13H20N2O8. The summed E-state index contributed by atoms with van der Waals surface area (Å²) in [6.45, 7) is -1.86. The minimum atomic E-state index is -1.64. The van der Waals surface area contributed by atoms with Gasteiger partial charge in [-0.2, -0.15) is 0 Å². The van der Waals surface area contributed by atoms with E-state index in [0.29, 0.717) is 0 Å². The van der Waals surface area contributed by atoms with Crippen LogP contribution in [-0.2, 0) is 14.3 Å². The molecule has 1 unspecified atom stereocenters. The summed E-state index contributed by atoms with van der Waals surface area (Å²) in [6.07, 6.45) is -0.315. The van der Waals surface area contributed by atoms with Crippen molar-refractivity contribution < 1.29 is 39.9 Å². The van der Waals surface area contributed by atoms with E-state index in [9.17, 15) is 19.8 Å². The molecule has 0 amide bonds. The van der Waals surface area contributed by atoms with Gasteiger partial charge in [0.05, 0.1) is 37.3 Å². The molecule has 0 aromatic heterocycles. The third-order valence-electron chi connectivity index (χ3n) is 3.26. The standard InChI is InChI=1S/C13H20N2O8/c1-23-11-7(14-4-10(18)19)2-13(22,6-17)3-8(11)15-9(5-16)12(20)21/h9,14,16-17,22H,2-6H2,1H3,(H,18,19)(H,20,21)/b15-8+/t9-,13?/m0/s1. The molecular weight excluding hydrogens is 312 g/mol. The van der Waals surface area contributed by atoms with Crippen LogP contribution in [-0.4, -0.2) is 81.7 Å². The van der Waals surface area contributed by atoms with E-state index >= 15 is 0 Å². The monoisotopic (exact) mass is 332 g/mol. The Morgan fingerprint density at radius 3 is 2.43 bits per heavy atom. The highest BCUT2D eigenvalue weighted by Gasteiger charge is 2.38. The highest BCUT2D eigenvalue weighted by atomic mass is 16.5. The number of carbonyl (C=O) groups is 2. The van der Waals surface area contributed by atoms with Gasteiger partial charge in [0.1, 0.15) is 6.54 Å². The molecule has 0 aliphatic heterocycles. The van der Waals surface area contributed by atoms with Crippen LogP contribution in [0.5, 0.6) is 0 Å². The molecule has 23 heavy (non-hydrogen) atoms. The van der Waals surface area contributed by atoms with Crippen LogP contribution in [0.15, 0.2) is 16.4 Å². The molecule has 10 nitrogen and oxygen atoms in total. The number of nitrogens with zero attached hydrogens (tertiary/aromatic N) is 1. The van der Waals surface area contributed by atoms with E-state index in [-0.39, 0.29) is 30.0 Å². The normalized spacial score (nSPS) is 24.4. The van der Waals surface area contributed by atoms with Crippen LogP contribution >= 0.6 is 0 Å². The number of hydrogen-bond donors (Lipinski definition) is 6. The predicted molar refractivity (Wildman–Crippen MR) is 76.9 cm³/mol. The van der Waals surface area contributed by atoms with E-state index in [4.69, 9.17) is 20.1 Å². The Labute approximate surface area is 131 Å². The maximum absolute atomic E-state index is 11.0. The van der Waals surface area contributed by atoms with Crippen molar-refractivity contribution in [2.75, 3.05) is 26.9 Å². The molecule has 130 valence electrons. The third-order valence-corrected chi connectivity index (χ3v) is 3.26. The molecule has 1 aliphatic carbocycles. The van der Waals surface area contributed by atoms with E-state index in [1.807, 2.05) is 0 Å². The van der Waals surface area contributed by atoms with Crippen LogP contribution in [0, 0.1) is 0 Å².